The number of aromatic nitrogens is 2. The molecule has 0 aromatic carbocycles. The summed E-state index contributed by atoms with van der Waals surface area (Å²) >= 11 is 0. The molecule has 1 atom stereocenters. The second-order valence-electron chi connectivity index (χ2n) is 6.57. The van der Waals surface area contributed by atoms with Crippen LogP contribution in [0.25, 0.3) is 0 Å². The fraction of sp³-hybridized carbons (Fsp3) is 0.765. The molecule has 1 unspecified atom stereocenters. The van der Waals surface area contributed by atoms with E-state index in [-0.39, 0.29) is 0 Å². The highest BCUT2D eigenvalue weighted by Gasteiger charge is 2.24. The third kappa shape index (κ3) is 3.73. The molecular weight excluding hydrogens is 260 g/mol. The Hall–Kier alpha value is -1.16. The summed E-state index contributed by atoms with van der Waals surface area (Å²) in [7, 11) is 0. The van der Waals surface area contributed by atoms with Gasteiger partial charge >= 0.3 is 0 Å². The number of aryl methyl sites for hydroxylation is 1. The normalized spacial score (nSPS) is 22.6. The van der Waals surface area contributed by atoms with Gasteiger partial charge in [0.2, 0.25) is 5.95 Å². The van der Waals surface area contributed by atoms with Gasteiger partial charge in [-0.25, -0.2) is 9.97 Å². The van der Waals surface area contributed by atoms with Gasteiger partial charge in [0, 0.05) is 42.6 Å². The Morgan fingerprint density at radius 2 is 2.14 bits per heavy atom. The first-order chi connectivity index (χ1) is 10.3. The molecule has 2 fully saturated rings. The van der Waals surface area contributed by atoms with Crippen LogP contribution in [0.1, 0.15) is 63.1 Å². The minimum atomic E-state index is 0.638. The standard InChI is InChI=1S/C17H28N4/c1-3-6-16-7-4-5-10-21(16)17-19-12-14(13(2)20-17)11-18-15-8-9-15/h12,15-16,18H,3-11H2,1-2H3. The lowest BCUT2D eigenvalue weighted by Gasteiger charge is -2.36. The predicted octanol–water partition coefficient (Wildman–Crippen LogP) is 3.20. The van der Waals surface area contributed by atoms with Gasteiger partial charge < -0.3 is 10.2 Å². The Morgan fingerprint density at radius 3 is 2.86 bits per heavy atom. The third-order valence-corrected chi connectivity index (χ3v) is 4.73. The van der Waals surface area contributed by atoms with E-state index in [0.29, 0.717) is 6.04 Å². The molecule has 2 heterocycles. The average Bonchev–Trinajstić information content (AvgIpc) is 3.31. The Morgan fingerprint density at radius 1 is 1.29 bits per heavy atom. The molecular formula is C17H28N4. The molecule has 1 N–H and O–H groups in total. The number of hydrogen-bond donors (Lipinski definition) is 1. The molecule has 0 radical (unpaired) electrons. The van der Waals surface area contributed by atoms with Gasteiger partial charge in [-0.05, 0) is 45.4 Å². The molecule has 0 amide bonds. The van der Waals surface area contributed by atoms with Crippen molar-refractivity contribution in [3.63, 3.8) is 0 Å². The smallest absolute Gasteiger partial charge is 0.225 e. The van der Waals surface area contributed by atoms with Gasteiger partial charge in [0.1, 0.15) is 0 Å². The fourth-order valence-corrected chi connectivity index (χ4v) is 3.23. The molecule has 1 saturated heterocycles. The highest BCUT2D eigenvalue weighted by atomic mass is 15.3. The highest BCUT2D eigenvalue weighted by Crippen LogP contribution is 2.25. The lowest BCUT2D eigenvalue weighted by atomic mass is 9.99. The summed E-state index contributed by atoms with van der Waals surface area (Å²) in [4.78, 5) is 11.9. The van der Waals surface area contributed by atoms with Crippen LogP contribution in [-0.4, -0.2) is 28.6 Å². The summed E-state index contributed by atoms with van der Waals surface area (Å²) in [5.41, 5.74) is 2.38. The maximum atomic E-state index is 4.80. The zero-order chi connectivity index (χ0) is 14.7. The second-order valence-corrected chi connectivity index (χ2v) is 6.57. The van der Waals surface area contributed by atoms with Gasteiger partial charge in [-0.15, -0.1) is 0 Å². The number of piperidine rings is 1. The molecule has 4 heteroatoms. The molecule has 2 aliphatic rings. The van der Waals surface area contributed by atoms with Crippen LogP contribution in [0.3, 0.4) is 0 Å². The SMILES string of the molecule is CCCC1CCCCN1c1ncc(CNC2CC2)c(C)n1. The lowest BCUT2D eigenvalue weighted by Crippen LogP contribution is -2.40. The van der Waals surface area contributed by atoms with Gasteiger partial charge in [0.05, 0.1) is 0 Å². The van der Waals surface area contributed by atoms with Gasteiger partial charge in [0.15, 0.2) is 0 Å². The van der Waals surface area contributed by atoms with E-state index < -0.39 is 0 Å². The van der Waals surface area contributed by atoms with Crippen molar-refractivity contribution in [2.24, 2.45) is 0 Å². The van der Waals surface area contributed by atoms with Crippen molar-refractivity contribution in [2.45, 2.75) is 77.4 Å². The van der Waals surface area contributed by atoms with E-state index in [1.807, 2.05) is 6.20 Å². The van der Waals surface area contributed by atoms with Crippen molar-refractivity contribution >= 4 is 5.95 Å². The van der Waals surface area contributed by atoms with Crippen LogP contribution in [0.15, 0.2) is 6.20 Å². The Bertz CT molecular complexity index is 468. The fourth-order valence-electron chi connectivity index (χ4n) is 3.23. The van der Waals surface area contributed by atoms with Crippen LogP contribution in [0.2, 0.25) is 0 Å². The largest absolute Gasteiger partial charge is 0.338 e. The summed E-state index contributed by atoms with van der Waals surface area (Å²) < 4.78 is 0. The van der Waals surface area contributed by atoms with E-state index in [9.17, 15) is 0 Å². The second kappa shape index (κ2) is 6.73. The zero-order valence-electron chi connectivity index (χ0n) is 13.4. The lowest BCUT2D eigenvalue weighted by molar-refractivity contribution is 0.428. The molecule has 1 aromatic heterocycles. The first-order valence-electron chi connectivity index (χ1n) is 8.60. The number of nitrogens with one attached hydrogen (secondary N) is 1. The van der Waals surface area contributed by atoms with Crippen LogP contribution < -0.4 is 10.2 Å². The quantitative estimate of drug-likeness (QED) is 0.873. The van der Waals surface area contributed by atoms with Crippen LogP contribution in [-0.2, 0) is 6.54 Å². The van der Waals surface area contributed by atoms with E-state index in [1.165, 1.54) is 50.5 Å². The van der Waals surface area contributed by atoms with E-state index in [0.717, 1.165) is 30.8 Å². The molecule has 0 spiro atoms. The van der Waals surface area contributed by atoms with Crippen molar-refractivity contribution < 1.29 is 0 Å². The molecule has 1 aliphatic heterocycles. The number of nitrogens with zero attached hydrogens (tertiary/aromatic N) is 3. The topological polar surface area (TPSA) is 41.1 Å². The monoisotopic (exact) mass is 288 g/mol. The molecule has 4 nitrogen and oxygen atoms in total. The van der Waals surface area contributed by atoms with E-state index in [4.69, 9.17) is 4.98 Å². The maximum absolute atomic E-state index is 4.80. The number of anilines is 1. The van der Waals surface area contributed by atoms with Gasteiger partial charge in [-0.1, -0.05) is 13.3 Å². The van der Waals surface area contributed by atoms with Gasteiger partial charge in [0.25, 0.3) is 0 Å². The Kier molecular flexibility index (Phi) is 4.73. The summed E-state index contributed by atoms with van der Waals surface area (Å²) in [6.07, 6.45) is 11.1. The minimum Gasteiger partial charge on any atom is -0.338 e. The first kappa shape index (κ1) is 14.8. The van der Waals surface area contributed by atoms with Crippen molar-refractivity contribution in [2.75, 3.05) is 11.4 Å². The first-order valence-corrected chi connectivity index (χ1v) is 8.60. The van der Waals surface area contributed by atoms with Gasteiger partial charge in [-0.2, -0.15) is 0 Å². The predicted molar refractivity (Wildman–Crippen MR) is 86.5 cm³/mol. The highest BCUT2D eigenvalue weighted by molar-refractivity contribution is 5.35. The summed E-state index contributed by atoms with van der Waals surface area (Å²) in [6.45, 7) is 6.42. The average molecular weight is 288 g/mol. The van der Waals surface area contributed by atoms with Crippen LogP contribution in [0.4, 0.5) is 5.95 Å². The Balaban J connectivity index is 1.69. The molecule has 3 rings (SSSR count). The van der Waals surface area contributed by atoms with Crippen LogP contribution in [0, 0.1) is 6.92 Å². The van der Waals surface area contributed by atoms with Crippen molar-refractivity contribution in [1.29, 1.82) is 0 Å². The molecule has 1 aromatic rings. The third-order valence-electron chi connectivity index (χ3n) is 4.73. The van der Waals surface area contributed by atoms with E-state index in [1.54, 1.807) is 0 Å². The summed E-state index contributed by atoms with van der Waals surface area (Å²) in [5.74, 6) is 0.945. The molecule has 0 bridgehead atoms. The summed E-state index contributed by atoms with van der Waals surface area (Å²) in [5, 5.41) is 3.55. The summed E-state index contributed by atoms with van der Waals surface area (Å²) in [6, 6.07) is 1.37. The van der Waals surface area contributed by atoms with Crippen LogP contribution in [0.5, 0.6) is 0 Å². The minimum absolute atomic E-state index is 0.638. The Labute approximate surface area is 128 Å². The van der Waals surface area contributed by atoms with Crippen molar-refractivity contribution in [3.05, 3.63) is 17.5 Å². The molecule has 21 heavy (non-hydrogen) atoms. The van der Waals surface area contributed by atoms with Gasteiger partial charge in [-0.3, -0.25) is 0 Å². The number of hydrogen-bond acceptors (Lipinski definition) is 4. The zero-order valence-corrected chi connectivity index (χ0v) is 13.4. The molecule has 1 saturated carbocycles. The van der Waals surface area contributed by atoms with Crippen molar-refractivity contribution in [1.82, 2.24) is 15.3 Å². The van der Waals surface area contributed by atoms with Crippen LogP contribution >= 0.6 is 0 Å². The number of rotatable bonds is 6. The molecule has 1 aliphatic carbocycles. The molecule has 116 valence electrons. The maximum Gasteiger partial charge on any atom is 0.225 e. The van der Waals surface area contributed by atoms with E-state index >= 15 is 0 Å². The van der Waals surface area contributed by atoms with Crippen molar-refractivity contribution in [3.8, 4) is 0 Å². The van der Waals surface area contributed by atoms with E-state index in [2.05, 4.69) is 29.0 Å².